The van der Waals surface area contributed by atoms with Crippen LogP contribution in [0.1, 0.15) is 47.3 Å². The first kappa shape index (κ1) is 26.6. The highest BCUT2D eigenvalue weighted by atomic mass is 32.2. The summed E-state index contributed by atoms with van der Waals surface area (Å²) < 4.78 is 28.1. The molecule has 5 rings (SSSR count). The average Bonchev–Trinajstić information content (AvgIpc) is 3.38. The molecule has 1 aliphatic heterocycles. The van der Waals surface area contributed by atoms with Gasteiger partial charge in [0.2, 0.25) is 15.9 Å². The summed E-state index contributed by atoms with van der Waals surface area (Å²) in [5.41, 5.74) is 2.20. The van der Waals surface area contributed by atoms with Crippen LogP contribution in [0.4, 0.5) is 5.69 Å². The minimum Gasteiger partial charge on any atom is -0.477 e. The number of aromatic carboxylic acids is 1. The molecule has 1 atom stereocenters. The first-order valence-corrected chi connectivity index (χ1v) is 15.5. The number of hydrogen-bond donors (Lipinski definition) is 1. The number of anilines is 1. The number of carboxylic acid groups (broad SMARTS) is 1. The van der Waals surface area contributed by atoms with E-state index in [2.05, 4.69) is 0 Å². The standard InChI is InChI=1S/C29H32N2O5S2/c32-27-20-30(38(35,36)17-16-21-10-4-1-5-11-21)19-25(22-12-6-2-7-13-22)31(27)24-18-26(37-28(24)29(33)34)23-14-8-3-9-15-23/h1,3-5,8-11,14-15,18,22,25H,2,6-7,12-13,16-17,19-20H2,(H,33,34). The van der Waals surface area contributed by atoms with Crippen LogP contribution in [0.15, 0.2) is 66.7 Å². The number of amides is 1. The number of sulfonamides is 1. The Morgan fingerprint density at radius 2 is 1.63 bits per heavy atom. The van der Waals surface area contributed by atoms with Crippen LogP contribution in [0.3, 0.4) is 0 Å². The average molecular weight is 553 g/mol. The SMILES string of the molecule is O=C(O)c1sc(-c2ccccc2)cc1N1C(=O)CN(S(=O)(=O)CCc2ccccc2)CC1C1CCCCC1. The summed E-state index contributed by atoms with van der Waals surface area (Å²) in [7, 11) is -3.68. The molecule has 0 radical (unpaired) electrons. The molecule has 2 fully saturated rings. The molecule has 2 heterocycles. The third-order valence-electron chi connectivity index (χ3n) is 7.61. The fourth-order valence-corrected chi connectivity index (χ4v) is 8.08. The third-order valence-corrected chi connectivity index (χ3v) is 10.6. The van der Waals surface area contributed by atoms with Crippen LogP contribution in [0.25, 0.3) is 10.4 Å². The first-order chi connectivity index (χ1) is 18.3. The van der Waals surface area contributed by atoms with Gasteiger partial charge in [-0.3, -0.25) is 4.79 Å². The van der Waals surface area contributed by atoms with E-state index >= 15 is 0 Å². The van der Waals surface area contributed by atoms with Crippen LogP contribution < -0.4 is 4.90 Å². The lowest BCUT2D eigenvalue weighted by Gasteiger charge is -2.45. The maximum atomic E-state index is 13.7. The molecule has 9 heteroatoms. The lowest BCUT2D eigenvalue weighted by atomic mass is 9.82. The summed E-state index contributed by atoms with van der Waals surface area (Å²) >= 11 is 1.15. The van der Waals surface area contributed by atoms with E-state index in [1.54, 1.807) is 11.0 Å². The second-order valence-electron chi connectivity index (χ2n) is 10.1. The van der Waals surface area contributed by atoms with Gasteiger partial charge >= 0.3 is 5.97 Å². The summed E-state index contributed by atoms with van der Waals surface area (Å²) in [6.45, 7) is -0.0982. The fourth-order valence-electron chi connectivity index (χ4n) is 5.65. The van der Waals surface area contributed by atoms with E-state index in [-0.39, 0.29) is 35.5 Å². The van der Waals surface area contributed by atoms with E-state index in [1.165, 1.54) is 4.31 Å². The minimum atomic E-state index is -3.68. The van der Waals surface area contributed by atoms with Gasteiger partial charge in [0.15, 0.2) is 0 Å². The van der Waals surface area contributed by atoms with Gasteiger partial charge in [0.1, 0.15) is 4.88 Å². The zero-order valence-corrected chi connectivity index (χ0v) is 22.8. The van der Waals surface area contributed by atoms with Gasteiger partial charge < -0.3 is 10.0 Å². The number of hydrogen-bond acceptors (Lipinski definition) is 5. The van der Waals surface area contributed by atoms with Crippen LogP contribution in [0, 0.1) is 5.92 Å². The van der Waals surface area contributed by atoms with Crippen molar-refractivity contribution < 1.29 is 23.1 Å². The van der Waals surface area contributed by atoms with Crippen molar-refractivity contribution >= 4 is 38.9 Å². The first-order valence-electron chi connectivity index (χ1n) is 13.1. The lowest BCUT2D eigenvalue weighted by molar-refractivity contribution is -0.121. The van der Waals surface area contributed by atoms with Gasteiger partial charge in [-0.1, -0.05) is 79.9 Å². The maximum absolute atomic E-state index is 13.7. The predicted molar refractivity (Wildman–Crippen MR) is 150 cm³/mol. The third kappa shape index (κ3) is 5.70. The summed E-state index contributed by atoms with van der Waals surface area (Å²) in [5.74, 6) is -1.41. The second kappa shape index (κ2) is 11.4. The lowest BCUT2D eigenvalue weighted by Crippen LogP contribution is -2.61. The predicted octanol–water partition coefficient (Wildman–Crippen LogP) is 5.28. The van der Waals surface area contributed by atoms with E-state index in [4.69, 9.17) is 0 Å². The molecule has 1 aliphatic carbocycles. The molecule has 1 aromatic heterocycles. The van der Waals surface area contributed by atoms with Gasteiger partial charge in [-0.25, -0.2) is 13.2 Å². The van der Waals surface area contributed by atoms with E-state index in [0.29, 0.717) is 12.1 Å². The zero-order valence-electron chi connectivity index (χ0n) is 21.2. The molecule has 0 spiro atoms. The normalized spacial score (nSPS) is 19.5. The monoisotopic (exact) mass is 552 g/mol. The number of piperazine rings is 1. The Morgan fingerprint density at radius 1 is 0.974 bits per heavy atom. The number of nitrogens with zero attached hydrogens (tertiary/aromatic N) is 2. The van der Waals surface area contributed by atoms with Crippen molar-refractivity contribution in [3.05, 3.63) is 77.2 Å². The van der Waals surface area contributed by atoms with Crippen molar-refractivity contribution in [3.8, 4) is 10.4 Å². The van der Waals surface area contributed by atoms with Crippen molar-refractivity contribution in [2.24, 2.45) is 5.92 Å². The van der Waals surface area contributed by atoms with Crippen molar-refractivity contribution in [3.63, 3.8) is 0 Å². The summed E-state index contributed by atoms with van der Waals surface area (Å²) in [4.78, 5) is 28.5. The van der Waals surface area contributed by atoms with Crippen LogP contribution in [-0.2, 0) is 21.2 Å². The number of rotatable bonds is 8. The summed E-state index contributed by atoms with van der Waals surface area (Å²) in [5, 5.41) is 10.1. The molecule has 1 N–H and O–H groups in total. The molecule has 3 aromatic rings. The topological polar surface area (TPSA) is 95.0 Å². The van der Waals surface area contributed by atoms with E-state index < -0.39 is 22.0 Å². The highest BCUT2D eigenvalue weighted by Crippen LogP contribution is 2.41. The van der Waals surface area contributed by atoms with Gasteiger partial charge in [-0.05, 0) is 42.4 Å². The van der Waals surface area contributed by atoms with Crippen molar-refractivity contribution in [1.82, 2.24) is 4.31 Å². The quantitative estimate of drug-likeness (QED) is 0.410. The van der Waals surface area contributed by atoms with Crippen LogP contribution in [0.5, 0.6) is 0 Å². The Morgan fingerprint density at radius 3 is 2.29 bits per heavy atom. The van der Waals surface area contributed by atoms with E-state index in [0.717, 1.165) is 59.4 Å². The second-order valence-corrected chi connectivity index (χ2v) is 13.2. The Balaban J connectivity index is 1.47. The minimum absolute atomic E-state index is 0.0708. The Hall–Kier alpha value is -3.01. The number of carboxylic acids is 1. The number of carbonyl (C=O) groups is 2. The number of aryl methyl sites for hydroxylation is 1. The maximum Gasteiger partial charge on any atom is 0.348 e. The molecule has 1 unspecified atom stereocenters. The molecule has 1 saturated carbocycles. The van der Waals surface area contributed by atoms with Crippen LogP contribution >= 0.6 is 11.3 Å². The van der Waals surface area contributed by atoms with Gasteiger partial charge in [0.25, 0.3) is 0 Å². The molecule has 38 heavy (non-hydrogen) atoms. The molecule has 2 aliphatic rings. The van der Waals surface area contributed by atoms with Crippen molar-refractivity contribution in [1.29, 1.82) is 0 Å². The number of carbonyl (C=O) groups excluding carboxylic acids is 1. The molecule has 1 saturated heterocycles. The Labute approximate surface area is 227 Å². The van der Waals surface area contributed by atoms with Gasteiger partial charge in [0, 0.05) is 11.4 Å². The van der Waals surface area contributed by atoms with Crippen molar-refractivity contribution in [2.75, 3.05) is 23.7 Å². The Kier molecular flexibility index (Phi) is 7.97. The molecule has 1 amide bonds. The van der Waals surface area contributed by atoms with Crippen LogP contribution in [-0.4, -0.2) is 54.6 Å². The van der Waals surface area contributed by atoms with Crippen LogP contribution in [0.2, 0.25) is 0 Å². The largest absolute Gasteiger partial charge is 0.477 e. The zero-order chi connectivity index (χ0) is 26.7. The summed E-state index contributed by atoms with van der Waals surface area (Å²) in [6, 6.07) is 20.4. The fraction of sp³-hybridized carbons (Fsp3) is 0.379. The summed E-state index contributed by atoms with van der Waals surface area (Å²) in [6.07, 6.45) is 5.32. The number of benzene rings is 2. The van der Waals surface area contributed by atoms with Crippen molar-refractivity contribution in [2.45, 2.75) is 44.6 Å². The molecular weight excluding hydrogens is 520 g/mol. The highest BCUT2D eigenvalue weighted by molar-refractivity contribution is 7.89. The van der Waals surface area contributed by atoms with Gasteiger partial charge in [0.05, 0.1) is 24.0 Å². The smallest absolute Gasteiger partial charge is 0.348 e. The molecule has 2 aromatic carbocycles. The van der Waals surface area contributed by atoms with Gasteiger partial charge in [-0.2, -0.15) is 4.31 Å². The Bertz CT molecular complexity index is 1380. The molecule has 7 nitrogen and oxygen atoms in total. The molecule has 200 valence electrons. The molecule has 0 bridgehead atoms. The van der Waals surface area contributed by atoms with E-state index in [1.807, 2.05) is 60.7 Å². The van der Waals surface area contributed by atoms with E-state index in [9.17, 15) is 23.1 Å². The molecular formula is C29H32N2O5S2. The highest BCUT2D eigenvalue weighted by Gasteiger charge is 2.43. The van der Waals surface area contributed by atoms with Gasteiger partial charge in [-0.15, -0.1) is 11.3 Å². The number of thiophene rings is 1.